The molecule has 2 aromatic rings. The third kappa shape index (κ3) is 2.31. The Morgan fingerprint density at radius 3 is 3.05 bits per heavy atom. The summed E-state index contributed by atoms with van der Waals surface area (Å²) in [7, 11) is 0. The van der Waals surface area contributed by atoms with Crippen molar-refractivity contribution in [3.8, 4) is 11.5 Å². The Bertz CT molecular complexity index is 622. The first-order valence-electron chi connectivity index (χ1n) is 6.89. The van der Waals surface area contributed by atoms with Crippen LogP contribution in [0.5, 0.6) is 11.5 Å². The molecular formula is C15H19N3O2. The van der Waals surface area contributed by atoms with Gasteiger partial charge in [0.1, 0.15) is 17.6 Å². The molecule has 1 atom stereocenters. The van der Waals surface area contributed by atoms with Crippen LogP contribution in [0.3, 0.4) is 0 Å². The number of rotatable bonds is 4. The van der Waals surface area contributed by atoms with Gasteiger partial charge in [-0.3, -0.25) is 0 Å². The predicted octanol–water partition coefficient (Wildman–Crippen LogP) is 2.24. The number of anilines is 1. The van der Waals surface area contributed by atoms with Crippen LogP contribution in [0.25, 0.3) is 0 Å². The Hall–Kier alpha value is -2.17. The summed E-state index contributed by atoms with van der Waals surface area (Å²) in [6.07, 6.45) is 4.72. The van der Waals surface area contributed by atoms with Gasteiger partial charge in [-0.15, -0.1) is 0 Å². The van der Waals surface area contributed by atoms with E-state index in [1.807, 2.05) is 17.7 Å². The van der Waals surface area contributed by atoms with Crippen molar-refractivity contribution in [3.63, 3.8) is 0 Å². The van der Waals surface area contributed by atoms with Gasteiger partial charge in [-0.25, -0.2) is 4.98 Å². The van der Waals surface area contributed by atoms with Gasteiger partial charge in [0.05, 0.1) is 13.2 Å². The number of hydrogen-bond donors (Lipinski definition) is 1. The van der Waals surface area contributed by atoms with Crippen molar-refractivity contribution < 1.29 is 9.47 Å². The Kier molecular flexibility index (Phi) is 3.26. The van der Waals surface area contributed by atoms with E-state index in [2.05, 4.69) is 24.0 Å². The summed E-state index contributed by atoms with van der Waals surface area (Å²) < 4.78 is 13.5. The molecule has 1 unspecified atom stereocenters. The Morgan fingerprint density at radius 2 is 2.35 bits per heavy atom. The highest BCUT2D eigenvalue weighted by molar-refractivity contribution is 5.49. The zero-order valence-electron chi connectivity index (χ0n) is 11.8. The highest BCUT2D eigenvalue weighted by Crippen LogP contribution is 2.35. The number of ether oxygens (including phenoxy) is 2. The molecular weight excluding hydrogens is 254 g/mol. The van der Waals surface area contributed by atoms with E-state index >= 15 is 0 Å². The van der Waals surface area contributed by atoms with Crippen molar-refractivity contribution in [1.82, 2.24) is 9.55 Å². The predicted molar refractivity (Wildman–Crippen MR) is 77.1 cm³/mol. The standard InChI is InChI=1S/C15H19N3O2/c1-3-19-13-7-11-6-10(2)20-14(11)8-12(13)9-18-5-4-17-15(18)16/h4-5,7-8,10H,3,6,9H2,1-2H3,(H2,16,17). The lowest BCUT2D eigenvalue weighted by Gasteiger charge is -2.13. The van der Waals surface area contributed by atoms with Gasteiger partial charge in [-0.2, -0.15) is 0 Å². The molecule has 1 aromatic heterocycles. The molecule has 106 valence electrons. The smallest absolute Gasteiger partial charge is 0.200 e. The van der Waals surface area contributed by atoms with Crippen LogP contribution in [0, 0.1) is 0 Å². The van der Waals surface area contributed by atoms with E-state index in [1.54, 1.807) is 6.20 Å². The van der Waals surface area contributed by atoms with Gasteiger partial charge in [0.25, 0.3) is 0 Å². The molecule has 2 heterocycles. The zero-order valence-corrected chi connectivity index (χ0v) is 11.8. The molecule has 5 heteroatoms. The lowest BCUT2D eigenvalue weighted by atomic mass is 10.1. The fourth-order valence-electron chi connectivity index (χ4n) is 2.55. The van der Waals surface area contributed by atoms with E-state index in [-0.39, 0.29) is 6.10 Å². The maximum Gasteiger partial charge on any atom is 0.200 e. The Balaban J connectivity index is 1.96. The van der Waals surface area contributed by atoms with Crippen LogP contribution in [-0.4, -0.2) is 22.3 Å². The second-order valence-corrected chi connectivity index (χ2v) is 5.05. The van der Waals surface area contributed by atoms with E-state index < -0.39 is 0 Å². The summed E-state index contributed by atoms with van der Waals surface area (Å²) in [4.78, 5) is 4.04. The summed E-state index contributed by atoms with van der Waals surface area (Å²) in [5.74, 6) is 2.36. The third-order valence-corrected chi connectivity index (χ3v) is 3.47. The van der Waals surface area contributed by atoms with Crippen molar-refractivity contribution in [2.75, 3.05) is 12.3 Å². The number of nitrogens with two attached hydrogens (primary N) is 1. The number of nitrogens with zero attached hydrogens (tertiary/aromatic N) is 2. The second-order valence-electron chi connectivity index (χ2n) is 5.05. The number of fused-ring (bicyclic) bond motifs is 1. The lowest BCUT2D eigenvalue weighted by molar-refractivity contribution is 0.254. The number of benzene rings is 1. The van der Waals surface area contributed by atoms with Crippen LogP contribution < -0.4 is 15.2 Å². The number of imidazole rings is 1. The molecule has 0 aliphatic carbocycles. The van der Waals surface area contributed by atoms with Gasteiger partial charge < -0.3 is 19.8 Å². The van der Waals surface area contributed by atoms with Crippen LogP contribution in [0.15, 0.2) is 24.5 Å². The van der Waals surface area contributed by atoms with E-state index in [0.717, 1.165) is 23.5 Å². The molecule has 1 aromatic carbocycles. The fraction of sp³-hybridized carbons (Fsp3) is 0.400. The average molecular weight is 273 g/mol. The Morgan fingerprint density at radius 1 is 1.50 bits per heavy atom. The molecule has 3 rings (SSSR count). The summed E-state index contributed by atoms with van der Waals surface area (Å²) in [5, 5.41) is 0. The molecule has 5 nitrogen and oxygen atoms in total. The second kappa shape index (κ2) is 5.07. The van der Waals surface area contributed by atoms with Crippen molar-refractivity contribution in [3.05, 3.63) is 35.7 Å². The maximum atomic E-state index is 5.83. The number of nitrogen functional groups attached to an aromatic ring is 1. The molecule has 0 radical (unpaired) electrons. The largest absolute Gasteiger partial charge is 0.494 e. The number of hydrogen-bond acceptors (Lipinski definition) is 4. The first-order valence-corrected chi connectivity index (χ1v) is 6.89. The number of aromatic nitrogens is 2. The fourth-order valence-corrected chi connectivity index (χ4v) is 2.55. The normalized spacial score (nSPS) is 16.8. The molecule has 1 aliphatic heterocycles. The SMILES string of the molecule is CCOc1cc2c(cc1Cn1ccnc1N)OC(C)C2. The summed E-state index contributed by atoms with van der Waals surface area (Å²) in [6, 6.07) is 4.15. The van der Waals surface area contributed by atoms with Crippen LogP contribution in [-0.2, 0) is 13.0 Å². The molecule has 0 saturated heterocycles. The van der Waals surface area contributed by atoms with Crippen molar-refractivity contribution in [2.24, 2.45) is 0 Å². The van der Waals surface area contributed by atoms with Gasteiger partial charge in [-0.1, -0.05) is 0 Å². The maximum absolute atomic E-state index is 5.83. The third-order valence-electron chi connectivity index (χ3n) is 3.47. The minimum Gasteiger partial charge on any atom is -0.494 e. The van der Waals surface area contributed by atoms with Crippen LogP contribution in [0.2, 0.25) is 0 Å². The van der Waals surface area contributed by atoms with Gasteiger partial charge in [0, 0.05) is 29.9 Å². The topological polar surface area (TPSA) is 62.3 Å². The van der Waals surface area contributed by atoms with E-state index in [0.29, 0.717) is 19.1 Å². The van der Waals surface area contributed by atoms with Crippen LogP contribution >= 0.6 is 0 Å². The zero-order chi connectivity index (χ0) is 14.1. The quantitative estimate of drug-likeness (QED) is 0.928. The van der Waals surface area contributed by atoms with Gasteiger partial charge in [0.15, 0.2) is 5.95 Å². The highest BCUT2D eigenvalue weighted by Gasteiger charge is 2.22. The van der Waals surface area contributed by atoms with Crippen molar-refractivity contribution >= 4 is 5.95 Å². The minimum absolute atomic E-state index is 0.230. The molecule has 0 amide bonds. The Labute approximate surface area is 118 Å². The minimum atomic E-state index is 0.230. The van der Waals surface area contributed by atoms with Gasteiger partial charge >= 0.3 is 0 Å². The lowest BCUT2D eigenvalue weighted by Crippen LogP contribution is -2.06. The summed E-state index contributed by atoms with van der Waals surface area (Å²) in [5.41, 5.74) is 8.10. The van der Waals surface area contributed by atoms with Gasteiger partial charge in [0.2, 0.25) is 0 Å². The first kappa shape index (κ1) is 12.8. The van der Waals surface area contributed by atoms with Crippen molar-refractivity contribution in [1.29, 1.82) is 0 Å². The van der Waals surface area contributed by atoms with Crippen LogP contribution in [0.4, 0.5) is 5.95 Å². The molecule has 0 bridgehead atoms. The molecule has 0 saturated carbocycles. The summed E-state index contributed by atoms with van der Waals surface area (Å²) >= 11 is 0. The first-order chi connectivity index (χ1) is 9.67. The molecule has 1 aliphatic rings. The van der Waals surface area contributed by atoms with Crippen molar-refractivity contribution in [2.45, 2.75) is 32.9 Å². The van der Waals surface area contributed by atoms with E-state index in [4.69, 9.17) is 15.2 Å². The average Bonchev–Trinajstić information content (AvgIpc) is 2.96. The molecule has 2 N–H and O–H groups in total. The highest BCUT2D eigenvalue weighted by atomic mass is 16.5. The van der Waals surface area contributed by atoms with E-state index in [9.17, 15) is 0 Å². The van der Waals surface area contributed by atoms with E-state index in [1.165, 1.54) is 5.56 Å². The van der Waals surface area contributed by atoms with Crippen LogP contribution in [0.1, 0.15) is 25.0 Å². The monoisotopic (exact) mass is 273 g/mol. The molecule has 0 spiro atoms. The van der Waals surface area contributed by atoms with Gasteiger partial charge in [-0.05, 0) is 26.0 Å². The molecule has 20 heavy (non-hydrogen) atoms. The summed E-state index contributed by atoms with van der Waals surface area (Å²) in [6.45, 7) is 5.34. The molecule has 0 fully saturated rings.